The molecule has 160 valence electrons. The standard InChI is InChI=1S/C24H16F2N2O4/c1-12-11-32-22-15(12)5-7-18-20(22)19(16-3-2-8-27-23(16)29)21(24(30)31)28(18)10-13-9-14(25)4-6-17(13)26/h2-9,11H,10H2,1H3,(H,27,29)(H,30,31). The van der Waals surface area contributed by atoms with Crippen LogP contribution in [0.1, 0.15) is 21.6 Å². The average Bonchev–Trinajstić information content (AvgIpc) is 3.29. The fourth-order valence-electron chi connectivity index (χ4n) is 4.16. The summed E-state index contributed by atoms with van der Waals surface area (Å²) >= 11 is 0. The van der Waals surface area contributed by atoms with Gasteiger partial charge >= 0.3 is 5.97 Å². The summed E-state index contributed by atoms with van der Waals surface area (Å²) in [6.07, 6.45) is 2.99. The van der Waals surface area contributed by atoms with Gasteiger partial charge in [-0.3, -0.25) is 4.79 Å². The molecular weight excluding hydrogens is 418 g/mol. The lowest BCUT2D eigenvalue weighted by Crippen LogP contribution is -2.14. The molecule has 0 saturated carbocycles. The molecule has 0 amide bonds. The summed E-state index contributed by atoms with van der Waals surface area (Å²) in [5.41, 5.74) is 1.25. The number of furan rings is 1. The highest BCUT2D eigenvalue weighted by Gasteiger charge is 2.28. The average molecular weight is 434 g/mol. The molecule has 3 heterocycles. The van der Waals surface area contributed by atoms with Gasteiger partial charge in [-0.05, 0) is 55.0 Å². The monoisotopic (exact) mass is 434 g/mol. The molecule has 0 fully saturated rings. The lowest BCUT2D eigenvalue weighted by Gasteiger charge is -2.10. The zero-order valence-corrected chi connectivity index (χ0v) is 16.8. The highest BCUT2D eigenvalue weighted by atomic mass is 19.1. The van der Waals surface area contributed by atoms with Crippen LogP contribution in [0.15, 0.2) is 64.1 Å². The maximum Gasteiger partial charge on any atom is 0.353 e. The predicted molar refractivity (Wildman–Crippen MR) is 115 cm³/mol. The van der Waals surface area contributed by atoms with E-state index in [1.54, 1.807) is 24.5 Å². The van der Waals surface area contributed by atoms with E-state index in [1.165, 1.54) is 16.8 Å². The van der Waals surface area contributed by atoms with Crippen LogP contribution in [-0.4, -0.2) is 20.6 Å². The molecule has 2 N–H and O–H groups in total. The van der Waals surface area contributed by atoms with Gasteiger partial charge in [0.15, 0.2) is 0 Å². The molecule has 0 saturated heterocycles. The van der Waals surface area contributed by atoms with Gasteiger partial charge in [0.2, 0.25) is 0 Å². The minimum Gasteiger partial charge on any atom is -0.477 e. The van der Waals surface area contributed by atoms with Crippen molar-refractivity contribution < 1.29 is 23.1 Å². The van der Waals surface area contributed by atoms with E-state index in [-0.39, 0.29) is 28.9 Å². The first-order valence-corrected chi connectivity index (χ1v) is 9.75. The third-order valence-electron chi connectivity index (χ3n) is 5.59. The van der Waals surface area contributed by atoms with Gasteiger partial charge in [-0.25, -0.2) is 13.6 Å². The van der Waals surface area contributed by atoms with Gasteiger partial charge in [0.05, 0.1) is 29.3 Å². The van der Waals surface area contributed by atoms with Gasteiger partial charge in [-0.1, -0.05) is 0 Å². The molecule has 2 aromatic carbocycles. The number of rotatable bonds is 4. The van der Waals surface area contributed by atoms with Crippen LogP contribution in [0, 0.1) is 18.6 Å². The molecule has 0 bridgehead atoms. The molecule has 0 aliphatic carbocycles. The Morgan fingerprint density at radius 3 is 2.75 bits per heavy atom. The molecule has 0 aliphatic heterocycles. The van der Waals surface area contributed by atoms with Crippen molar-refractivity contribution in [3.05, 3.63) is 93.7 Å². The number of benzene rings is 2. The second-order valence-corrected chi connectivity index (χ2v) is 7.52. The number of H-pyrrole nitrogens is 1. The minimum absolute atomic E-state index is 0.0198. The number of nitrogens with zero attached hydrogens (tertiary/aromatic N) is 1. The zero-order chi connectivity index (χ0) is 22.6. The summed E-state index contributed by atoms with van der Waals surface area (Å²) in [6.45, 7) is 1.60. The van der Waals surface area contributed by atoms with E-state index in [0.717, 1.165) is 29.1 Å². The first-order chi connectivity index (χ1) is 15.4. The second kappa shape index (κ2) is 7.19. The SMILES string of the molecule is Cc1coc2c1ccc1c2c(-c2ccc[nH]c2=O)c(C(=O)O)n1Cc1cc(F)ccc1F. The van der Waals surface area contributed by atoms with Crippen LogP contribution in [0.2, 0.25) is 0 Å². The highest BCUT2D eigenvalue weighted by molar-refractivity contribution is 6.17. The normalized spacial score (nSPS) is 11.5. The van der Waals surface area contributed by atoms with Crippen molar-refractivity contribution in [3.63, 3.8) is 0 Å². The minimum atomic E-state index is -1.31. The van der Waals surface area contributed by atoms with E-state index < -0.39 is 23.2 Å². The lowest BCUT2D eigenvalue weighted by atomic mass is 10.0. The smallest absolute Gasteiger partial charge is 0.353 e. The van der Waals surface area contributed by atoms with Gasteiger partial charge in [0.1, 0.15) is 22.9 Å². The van der Waals surface area contributed by atoms with Crippen LogP contribution < -0.4 is 5.56 Å². The number of fused-ring (bicyclic) bond motifs is 3. The molecule has 32 heavy (non-hydrogen) atoms. The number of halogens is 2. The van der Waals surface area contributed by atoms with Crippen LogP contribution in [0.25, 0.3) is 33.0 Å². The Morgan fingerprint density at radius 1 is 1.19 bits per heavy atom. The Bertz CT molecular complexity index is 1590. The fourth-order valence-corrected chi connectivity index (χ4v) is 4.16. The molecule has 5 rings (SSSR count). The Hall–Kier alpha value is -4.20. The van der Waals surface area contributed by atoms with Gasteiger partial charge in [-0.2, -0.15) is 0 Å². The third kappa shape index (κ3) is 2.91. The molecule has 0 aliphatic rings. The van der Waals surface area contributed by atoms with E-state index in [4.69, 9.17) is 4.42 Å². The van der Waals surface area contributed by atoms with Crippen molar-refractivity contribution in [3.8, 4) is 11.1 Å². The summed E-state index contributed by atoms with van der Waals surface area (Å²) in [5, 5.41) is 11.3. The van der Waals surface area contributed by atoms with Crippen molar-refractivity contribution in [2.75, 3.05) is 0 Å². The number of carboxylic acids is 1. The molecule has 0 spiro atoms. The van der Waals surface area contributed by atoms with E-state index >= 15 is 0 Å². The van der Waals surface area contributed by atoms with Gasteiger partial charge < -0.3 is 19.1 Å². The molecule has 0 atom stereocenters. The summed E-state index contributed by atoms with van der Waals surface area (Å²) in [4.78, 5) is 27.7. The van der Waals surface area contributed by atoms with Gasteiger partial charge in [0.25, 0.3) is 5.56 Å². The summed E-state index contributed by atoms with van der Waals surface area (Å²) in [7, 11) is 0. The van der Waals surface area contributed by atoms with Crippen molar-refractivity contribution in [1.82, 2.24) is 9.55 Å². The third-order valence-corrected chi connectivity index (χ3v) is 5.59. The van der Waals surface area contributed by atoms with Gasteiger partial charge in [0, 0.05) is 22.7 Å². The Balaban J connectivity index is 1.95. The summed E-state index contributed by atoms with van der Waals surface area (Å²) in [5.74, 6) is -2.62. The quantitative estimate of drug-likeness (QED) is 0.413. The first-order valence-electron chi connectivity index (χ1n) is 9.75. The Labute approximate surface area is 179 Å². The number of aromatic carboxylic acids is 1. The van der Waals surface area contributed by atoms with Crippen LogP contribution in [0.5, 0.6) is 0 Å². The van der Waals surface area contributed by atoms with Crippen LogP contribution in [0.3, 0.4) is 0 Å². The largest absolute Gasteiger partial charge is 0.477 e. The zero-order valence-electron chi connectivity index (χ0n) is 16.8. The van der Waals surface area contributed by atoms with E-state index in [0.29, 0.717) is 16.5 Å². The number of carboxylic acid groups (broad SMARTS) is 1. The molecule has 3 aromatic heterocycles. The lowest BCUT2D eigenvalue weighted by molar-refractivity contribution is 0.0687. The van der Waals surface area contributed by atoms with Crippen molar-refractivity contribution in [2.24, 2.45) is 0 Å². The molecular formula is C24H16F2N2O4. The van der Waals surface area contributed by atoms with Crippen LogP contribution in [0.4, 0.5) is 8.78 Å². The van der Waals surface area contributed by atoms with Crippen LogP contribution >= 0.6 is 0 Å². The molecule has 8 heteroatoms. The molecule has 0 unspecified atom stereocenters. The molecule has 0 radical (unpaired) electrons. The van der Waals surface area contributed by atoms with Crippen molar-refractivity contribution >= 4 is 27.8 Å². The fraction of sp³-hybridized carbons (Fsp3) is 0.0833. The van der Waals surface area contributed by atoms with Gasteiger partial charge in [-0.15, -0.1) is 0 Å². The number of carbonyl (C=O) groups is 1. The highest BCUT2D eigenvalue weighted by Crippen LogP contribution is 2.40. The van der Waals surface area contributed by atoms with Crippen molar-refractivity contribution in [2.45, 2.75) is 13.5 Å². The number of nitrogens with one attached hydrogen (secondary N) is 1. The number of hydrogen-bond acceptors (Lipinski definition) is 3. The Morgan fingerprint density at radius 2 is 2.00 bits per heavy atom. The molecule has 5 aromatic rings. The Kier molecular flexibility index (Phi) is 4.44. The van der Waals surface area contributed by atoms with Crippen LogP contribution in [-0.2, 0) is 6.54 Å². The number of aryl methyl sites for hydroxylation is 1. The van der Waals surface area contributed by atoms with E-state index in [2.05, 4.69) is 4.98 Å². The number of aromatic amines is 1. The topological polar surface area (TPSA) is 88.2 Å². The maximum atomic E-state index is 14.4. The van der Waals surface area contributed by atoms with E-state index in [1.807, 2.05) is 6.92 Å². The van der Waals surface area contributed by atoms with E-state index in [9.17, 15) is 23.5 Å². The first kappa shape index (κ1) is 19.7. The number of hydrogen-bond donors (Lipinski definition) is 2. The number of aromatic nitrogens is 2. The second-order valence-electron chi connectivity index (χ2n) is 7.52. The summed E-state index contributed by atoms with van der Waals surface area (Å²) in [6, 6.07) is 9.59. The van der Waals surface area contributed by atoms with Crippen molar-refractivity contribution in [1.29, 1.82) is 0 Å². The summed E-state index contributed by atoms with van der Waals surface area (Å²) < 4.78 is 35.4. The predicted octanol–water partition coefficient (Wildman–Crippen LogP) is 5.08. The maximum absolute atomic E-state index is 14.4. The number of pyridine rings is 1. The molecule has 6 nitrogen and oxygen atoms in total.